The van der Waals surface area contributed by atoms with Crippen LogP contribution in [0.3, 0.4) is 0 Å². The Morgan fingerprint density at radius 2 is 0.530 bits per heavy atom. The van der Waals surface area contributed by atoms with Crippen LogP contribution in [0.2, 0.25) is 0 Å². The molecule has 0 amide bonds. The van der Waals surface area contributed by atoms with Crippen molar-refractivity contribution in [3.63, 3.8) is 0 Å². The number of ether oxygens (including phenoxy) is 10. The summed E-state index contributed by atoms with van der Waals surface area (Å²) in [4.78, 5) is 21.7. The molecule has 0 fully saturated rings. The van der Waals surface area contributed by atoms with E-state index in [1.807, 2.05) is 109 Å². The Hall–Kier alpha value is -10.7. The van der Waals surface area contributed by atoms with Crippen LogP contribution in [-0.2, 0) is 0 Å². The van der Waals surface area contributed by atoms with Gasteiger partial charge in [-0.05, 0) is 85.6 Å². The summed E-state index contributed by atoms with van der Waals surface area (Å²) in [6, 6.07) is 47.2. The molecule has 0 unspecified atom stereocenters. The van der Waals surface area contributed by atoms with Gasteiger partial charge in [0.2, 0.25) is 0 Å². The number of aromatic nitrogens is 4. The third-order valence-electron chi connectivity index (χ3n) is 18.2. The molecule has 0 radical (unpaired) electrons. The van der Waals surface area contributed by atoms with E-state index in [0.717, 1.165) is 71.2 Å². The molecule has 0 bridgehead atoms. The fourth-order valence-corrected chi connectivity index (χ4v) is 13.0. The molecule has 514 valence electrons. The predicted octanol–water partition coefficient (Wildman–Crippen LogP) is 20.5. The summed E-state index contributed by atoms with van der Waals surface area (Å²) < 4.78 is 61.8. The number of unbranched alkanes of at least 4 members (excludes halogenated alkanes) is 14. The van der Waals surface area contributed by atoms with Gasteiger partial charge in [0.05, 0.1) is 159 Å². The lowest BCUT2D eigenvalue weighted by Crippen LogP contribution is -2.04. The molecule has 0 atom stereocenters. The van der Waals surface area contributed by atoms with Gasteiger partial charge >= 0.3 is 0 Å². The van der Waals surface area contributed by atoms with Crippen LogP contribution >= 0.6 is 0 Å². The minimum absolute atomic E-state index is 0.471. The quantitative estimate of drug-likeness (QED) is 0.0224. The van der Waals surface area contributed by atoms with Crippen LogP contribution in [0, 0.1) is 23.7 Å². The van der Waals surface area contributed by atoms with Gasteiger partial charge in [-0.25, -0.2) is 19.9 Å². The van der Waals surface area contributed by atoms with E-state index >= 15 is 0 Å². The fourth-order valence-electron chi connectivity index (χ4n) is 13.0. The summed E-state index contributed by atoms with van der Waals surface area (Å²) in [5.74, 6) is 20.4. The van der Waals surface area contributed by atoms with Crippen LogP contribution < -0.4 is 47.4 Å². The number of hydrogen-bond donors (Lipinski definition) is 0. The summed E-state index contributed by atoms with van der Waals surface area (Å²) in [6.45, 7) is 5.45. The van der Waals surface area contributed by atoms with Gasteiger partial charge in [-0.1, -0.05) is 188 Å². The molecule has 4 aromatic heterocycles. The van der Waals surface area contributed by atoms with Crippen LogP contribution in [0.5, 0.6) is 57.5 Å². The lowest BCUT2D eigenvalue weighted by Gasteiger charge is -2.16. The van der Waals surface area contributed by atoms with Crippen molar-refractivity contribution in [2.24, 2.45) is 0 Å². The molecule has 4 heterocycles. The lowest BCUT2D eigenvalue weighted by atomic mass is 9.99. The average molecular weight is 1340 g/mol. The molecule has 0 spiro atoms. The second-order valence-corrected chi connectivity index (χ2v) is 24.7. The fraction of sp³-hybridized carbons (Fsp3) is 0.326. The van der Waals surface area contributed by atoms with E-state index in [4.69, 9.17) is 67.3 Å². The van der Waals surface area contributed by atoms with E-state index in [0.29, 0.717) is 149 Å². The Morgan fingerprint density at radius 3 is 0.850 bits per heavy atom. The first kappa shape index (κ1) is 70.6. The molecule has 0 N–H and O–H groups in total. The standard InChI is InChI=1S/C86H90N4O10/c1-11-13-15-17-19-21-23-25-51-99-75-55-60(42-46-62-54-64-44-40-58-48-50-66(78-69(93-5)33-28-34-70(78)94-6)88-84(58)86(64)90-82(62)80-73(97-9)37-30-38-74(80)98-10)76(100-52-26-24-22-20-18-16-14-12-2)56-59(75)41-45-61-53-63-43-39-57-47-49-65(77-67(91-3)31-27-32-68(77)92-4)87-83(57)85(63)89-81(61)79-71(95-7)35-29-36-72(79)96-8/h27-40,43-44,47-50,53-56H,11-26,51-52H2,1-10H3. The van der Waals surface area contributed by atoms with E-state index in [2.05, 4.69) is 73.9 Å². The second-order valence-electron chi connectivity index (χ2n) is 24.7. The SMILES string of the molecule is CCCCCCCCCCOc1cc(C#Cc2cc3ccc4ccc(-c5c(OC)cccc5OC)nc4c3nc2-c2c(OC)cccc2OC)c(OCCCCCCCCCC)cc1C#Cc1cc2ccc3ccc(-c4c(OC)cccc4OC)nc3c2nc1-c1c(OC)cccc1OC. The highest BCUT2D eigenvalue weighted by atomic mass is 16.5. The first-order valence-corrected chi connectivity index (χ1v) is 35.0. The Balaban J connectivity index is 1.09. The van der Waals surface area contributed by atoms with Crippen molar-refractivity contribution in [2.75, 3.05) is 70.1 Å². The second kappa shape index (κ2) is 34.7. The molecule has 0 aliphatic rings. The highest BCUT2D eigenvalue weighted by Gasteiger charge is 2.24. The zero-order valence-corrected chi connectivity index (χ0v) is 59.5. The normalized spacial score (nSPS) is 11.1. The highest BCUT2D eigenvalue weighted by molar-refractivity contribution is 6.07. The van der Waals surface area contributed by atoms with E-state index in [-0.39, 0.29) is 0 Å². The molecular formula is C86H90N4O10. The summed E-state index contributed by atoms with van der Waals surface area (Å²) in [5.41, 5.74) is 10.4. The average Bonchev–Trinajstić information content (AvgIpc) is 0.761. The zero-order chi connectivity index (χ0) is 69.7. The van der Waals surface area contributed by atoms with Crippen molar-refractivity contribution in [2.45, 2.75) is 117 Å². The van der Waals surface area contributed by atoms with Crippen molar-refractivity contribution < 1.29 is 47.4 Å². The number of benzene rings is 7. The van der Waals surface area contributed by atoms with Gasteiger partial charge in [-0.3, -0.25) is 0 Å². The molecule has 11 rings (SSSR count). The van der Waals surface area contributed by atoms with Gasteiger partial charge in [0.1, 0.15) is 57.5 Å². The van der Waals surface area contributed by atoms with E-state index in [1.165, 1.54) is 64.2 Å². The van der Waals surface area contributed by atoms with E-state index < -0.39 is 0 Å². The number of hydrogen-bond acceptors (Lipinski definition) is 14. The van der Waals surface area contributed by atoms with Gasteiger partial charge in [0.15, 0.2) is 0 Å². The lowest BCUT2D eigenvalue weighted by molar-refractivity contribution is 0.295. The van der Waals surface area contributed by atoms with Crippen molar-refractivity contribution in [3.05, 3.63) is 168 Å². The van der Waals surface area contributed by atoms with Crippen molar-refractivity contribution >= 4 is 43.6 Å². The molecule has 100 heavy (non-hydrogen) atoms. The topological polar surface area (TPSA) is 144 Å². The Bertz CT molecular complexity index is 4420. The largest absolute Gasteiger partial charge is 0.496 e. The number of fused-ring (bicyclic) bond motifs is 6. The summed E-state index contributed by atoms with van der Waals surface area (Å²) >= 11 is 0. The Kier molecular flexibility index (Phi) is 24.5. The summed E-state index contributed by atoms with van der Waals surface area (Å²) in [6.07, 6.45) is 18.4. The maximum Gasteiger partial charge on any atom is 0.136 e. The van der Waals surface area contributed by atoms with Crippen LogP contribution in [0.1, 0.15) is 139 Å². The predicted molar refractivity (Wildman–Crippen MR) is 403 cm³/mol. The van der Waals surface area contributed by atoms with Crippen LogP contribution in [-0.4, -0.2) is 90.0 Å². The first-order chi connectivity index (χ1) is 49.2. The molecule has 0 saturated carbocycles. The van der Waals surface area contributed by atoms with Crippen molar-refractivity contribution in [1.29, 1.82) is 0 Å². The number of methoxy groups -OCH3 is 8. The first-order valence-electron chi connectivity index (χ1n) is 35.0. The van der Waals surface area contributed by atoms with Crippen LogP contribution in [0.25, 0.3) is 88.6 Å². The smallest absolute Gasteiger partial charge is 0.136 e. The number of nitrogens with zero attached hydrogens (tertiary/aromatic N) is 4. The molecule has 7 aromatic carbocycles. The van der Waals surface area contributed by atoms with Crippen LogP contribution in [0.4, 0.5) is 0 Å². The monoisotopic (exact) mass is 1340 g/mol. The minimum Gasteiger partial charge on any atom is -0.496 e. The summed E-state index contributed by atoms with van der Waals surface area (Å²) in [5, 5.41) is 3.45. The number of rotatable bonds is 32. The van der Waals surface area contributed by atoms with Gasteiger partial charge in [-0.2, -0.15) is 0 Å². The third-order valence-corrected chi connectivity index (χ3v) is 18.2. The molecule has 0 saturated heterocycles. The van der Waals surface area contributed by atoms with Crippen molar-refractivity contribution in [3.8, 4) is 126 Å². The highest BCUT2D eigenvalue weighted by Crippen LogP contribution is 2.45. The maximum absolute atomic E-state index is 6.95. The molecule has 14 nitrogen and oxygen atoms in total. The van der Waals surface area contributed by atoms with Gasteiger partial charge in [0, 0.05) is 33.7 Å². The van der Waals surface area contributed by atoms with Crippen molar-refractivity contribution in [1.82, 2.24) is 19.9 Å². The molecule has 14 heteroatoms. The molecule has 0 aliphatic heterocycles. The maximum atomic E-state index is 6.95. The molecule has 0 aliphatic carbocycles. The summed E-state index contributed by atoms with van der Waals surface area (Å²) in [7, 11) is 13.2. The van der Waals surface area contributed by atoms with Gasteiger partial charge in [-0.15, -0.1) is 0 Å². The van der Waals surface area contributed by atoms with E-state index in [9.17, 15) is 0 Å². The van der Waals surface area contributed by atoms with Crippen LogP contribution in [0.15, 0.2) is 146 Å². The zero-order valence-electron chi connectivity index (χ0n) is 59.5. The minimum atomic E-state index is 0.471. The Labute approximate surface area is 588 Å². The Morgan fingerprint density at radius 1 is 0.260 bits per heavy atom. The third kappa shape index (κ3) is 16.0. The van der Waals surface area contributed by atoms with Gasteiger partial charge < -0.3 is 47.4 Å². The molecular weight excluding hydrogens is 1250 g/mol. The number of pyridine rings is 4. The van der Waals surface area contributed by atoms with Gasteiger partial charge in [0.25, 0.3) is 0 Å². The van der Waals surface area contributed by atoms with E-state index in [1.54, 1.807) is 56.9 Å². The molecule has 11 aromatic rings.